The molecule has 0 radical (unpaired) electrons. The van der Waals surface area contributed by atoms with Crippen LogP contribution in [0.1, 0.15) is 60.4 Å². The average molecular weight is 1040 g/mol. The summed E-state index contributed by atoms with van der Waals surface area (Å²) in [5, 5.41) is 141. The topological polar surface area (TPSA) is 398 Å². The van der Waals surface area contributed by atoms with Crippen LogP contribution in [0.2, 0.25) is 0 Å². The van der Waals surface area contributed by atoms with E-state index in [-0.39, 0.29) is 53.7 Å². The van der Waals surface area contributed by atoms with Crippen LogP contribution in [0.15, 0.2) is 81.3 Å². The van der Waals surface area contributed by atoms with Crippen LogP contribution >= 0.6 is 0 Å². The Morgan fingerprint density at radius 3 is 2.41 bits per heavy atom. The van der Waals surface area contributed by atoms with Crippen molar-refractivity contribution in [1.82, 2.24) is 10.3 Å². The fraction of sp³-hybridized carbons (Fsp3) is 0.404. The molecule has 392 valence electrons. The lowest BCUT2D eigenvalue weighted by molar-refractivity contribution is -0.405. The standard InChI is InChI=1S/C52H49N3O20/c53-35-5-4-25(22-55-35)28-18-27-19-29-23(7-14-54-29)6-13-47(9-1-2-10-47)51(68)43(64)42(63)50(27,75-49(51)12-3-11-48(45(65)66)52(69,70)41(62)40(61)44(74-48)72-46(49)67)73-34-21-33-37(39(60)36(28)34)30(57)20-32(71-33)26-16-24(8-15-56)38(59)31(58)17-26/h4-5,7,14,16-18,20-22,28,35,40-44,54-56,58-64,68-70H,1-2,8-10,12,15,19,53H2,(H,65,66). The molecule has 11 atom stereocenters. The van der Waals surface area contributed by atoms with Crippen molar-refractivity contribution in [3.63, 3.8) is 0 Å². The zero-order valence-corrected chi connectivity index (χ0v) is 39.2. The van der Waals surface area contributed by atoms with Gasteiger partial charge in [-0.2, -0.15) is 0 Å². The van der Waals surface area contributed by atoms with E-state index >= 15 is 4.79 Å². The number of dihydropyridines is 1. The summed E-state index contributed by atoms with van der Waals surface area (Å²) in [7, 11) is 0. The minimum Gasteiger partial charge on any atom is -0.507 e. The van der Waals surface area contributed by atoms with Crippen molar-refractivity contribution in [3.8, 4) is 58.0 Å². The number of benzene rings is 2. The Bertz CT molecular complexity index is 3400. The van der Waals surface area contributed by atoms with Gasteiger partial charge in [-0.05, 0) is 55.0 Å². The third-order valence-corrected chi connectivity index (χ3v) is 15.7. The Labute approximate surface area is 423 Å². The number of aliphatic hydroxyl groups excluding tert-OH is 5. The second-order valence-corrected chi connectivity index (χ2v) is 19.8. The number of phenols is 3. The van der Waals surface area contributed by atoms with Crippen LogP contribution in [-0.4, -0.2) is 150 Å². The number of nitrogens with two attached hydrogens (primary N) is 1. The van der Waals surface area contributed by atoms with Crippen molar-refractivity contribution in [2.75, 3.05) is 6.61 Å². The molecule has 2 aromatic carbocycles. The quantitative estimate of drug-likeness (QED) is 0.0367. The number of nitrogens with one attached hydrogen (secondary N) is 2. The van der Waals surface area contributed by atoms with Gasteiger partial charge in [0, 0.05) is 77.0 Å². The Kier molecular flexibility index (Phi) is 11.4. The summed E-state index contributed by atoms with van der Waals surface area (Å²) >= 11 is 0. The second-order valence-electron chi connectivity index (χ2n) is 19.8. The predicted molar refractivity (Wildman–Crippen MR) is 252 cm³/mol. The number of aromatic hydroxyl groups is 3. The van der Waals surface area contributed by atoms with Gasteiger partial charge >= 0.3 is 11.9 Å². The molecule has 3 fully saturated rings. The predicted octanol–water partition coefficient (Wildman–Crippen LogP) is -1.21. The minimum atomic E-state index is -3.90. The van der Waals surface area contributed by atoms with E-state index in [9.17, 15) is 70.9 Å². The summed E-state index contributed by atoms with van der Waals surface area (Å²) in [4.78, 5) is 46.2. The van der Waals surface area contributed by atoms with Gasteiger partial charge in [-0.15, -0.1) is 0 Å². The molecule has 23 nitrogen and oxygen atoms in total. The normalized spacial score (nSPS) is 33.9. The van der Waals surface area contributed by atoms with Gasteiger partial charge in [0.05, 0.1) is 18.0 Å². The maximum atomic E-state index is 15.7. The molecule has 8 heterocycles. The Balaban J connectivity index is 1.22. The fourth-order valence-electron chi connectivity index (χ4n) is 11.8. The first kappa shape index (κ1) is 50.0. The van der Waals surface area contributed by atoms with E-state index in [0.717, 1.165) is 18.2 Å². The van der Waals surface area contributed by atoms with Gasteiger partial charge < -0.3 is 101 Å². The van der Waals surface area contributed by atoms with Crippen LogP contribution < -0.4 is 21.2 Å². The molecular weight excluding hydrogens is 987 g/mol. The van der Waals surface area contributed by atoms with Gasteiger partial charge in [0.1, 0.15) is 46.5 Å². The van der Waals surface area contributed by atoms with Gasteiger partial charge in [0.25, 0.3) is 11.4 Å². The fourth-order valence-corrected chi connectivity index (χ4v) is 11.8. The number of carbonyl (C=O) groups is 2. The van der Waals surface area contributed by atoms with Crippen LogP contribution in [0.3, 0.4) is 0 Å². The molecule has 16 N–H and O–H groups in total. The molecule has 12 rings (SSSR count). The maximum absolute atomic E-state index is 15.7. The molecule has 1 saturated carbocycles. The van der Waals surface area contributed by atoms with Crippen LogP contribution in [0.25, 0.3) is 22.3 Å². The van der Waals surface area contributed by atoms with E-state index in [0.29, 0.717) is 29.7 Å². The zero-order chi connectivity index (χ0) is 53.4. The van der Waals surface area contributed by atoms with Crippen molar-refractivity contribution in [3.05, 3.63) is 105 Å². The van der Waals surface area contributed by atoms with Crippen molar-refractivity contribution in [1.29, 1.82) is 0 Å². The molecule has 4 aromatic rings. The average Bonchev–Trinajstić information content (AvgIpc) is 4.10. The van der Waals surface area contributed by atoms with E-state index < -0.39 is 141 Å². The van der Waals surface area contributed by atoms with Gasteiger partial charge in [0.2, 0.25) is 17.7 Å². The summed E-state index contributed by atoms with van der Waals surface area (Å²) in [6.07, 6.45) is -7.47. The number of ether oxygens (including phenoxy) is 4. The lowest BCUT2D eigenvalue weighted by Crippen LogP contribution is -2.84. The molecule has 2 aliphatic carbocycles. The number of carbonyl (C=O) groups excluding carboxylic acids is 1. The van der Waals surface area contributed by atoms with Gasteiger partial charge in [0.15, 0.2) is 28.6 Å². The number of phenolic OH excluding ortho intramolecular Hbond substituents is 3. The molecule has 2 aromatic heterocycles. The monoisotopic (exact) mass is 1040 g/mol. The number of esters is 1. The van der Waals surface area contributed by atoms with Gasteiger partial charge in [-0.25, -0.2) is 9.59 Å². The molecule has 8 aliphatic rings. The third-order valence-electron chi connectivity index (χ3n) is 15.7. The van der Waals surface area contributed by atoms with Gasteiger partial charge in [-0.1, -0.05) is 42.8 Å². The van der Waals surface area contributed by atoms with Crippen molar-refractivity contribution in [2.45, 2.75) is 116 Å². The molecule has 23 heteroatoms. The number of hydrogen-bond acceptors (Lipinski definition) is 21. The molecule has 6 aliphatic heterocycles. The lowest BCUT2D eigenvalue weighted by atomic mass is 9.56. The number of aliphatic hydroxyl groups is 8. The zero-order valence-electron chi connectivity index (χ0n) is 39.2. The first-order chi connectivity index (χ1) is 35.6. The molecule has 4 bridgehead atoms. The number of aromatic nitrogens is 1. The van der Waals surface area contributed by atoms with E-state index in [1.54, 1.807) is 24.4 Å². The summed E-state index contributed by atoms with van der Waals surface area (Å²) < 4.78 is 31.4. The summed E-state index contributed by atoms with van der Waals surface area (Å²) in [5.41, 5.74) is -6.24. The Morgan fingerprint density at radius 2 is 1.71 bits per heavy atom. The second kappa shape index (κ2) is 17.2. The Hall–Kier alpha value is -7.23. The number of aliphatic carboxylic acids is 1. The highest BCUT2D eigenvalue weighted by Gasteiger charge is 2.80. The summed E-state index contributed by atoms with van der Waals surface area (Å²) in [5.74, 6) is -4.07. The summed E-state index contributed by atoms with van der Waals surface area (Å²) in [6, 6.07) is 6.22. The lowest BCUT2D eigenvalue weighted by Gasteiger charge is -2.62. The van der Waals surface area contributed by atoms with E-state index in [2.05, 4.69) is 34.0 Å². The number of hydrogen-bond donors (Lipinski definition) is 15. The number of rotatable bonds is 5. The van der Waals surface area contributed by atoms with Crippen molar-refractivity contribution >= 4 is 22.9 Å². The highest BCUT2D eigenvalue weighted by Crippen LogP contribution is 2.62. The molecule has 3 spiro atoms. The third kappa shape index (κ3) is 6.88. The molecule has 0 amide bonds. The maximum Gasteiger partial charge on any atom is 0.354 e. The van der Waals surface area contributed by atoms with Crippen molar-refractivity contribution in [2.24, 2.45) is 11.1 Å². The molecule has 75 heavy (non-hydrogen) atoms. The highest BCUT2D eigenvalue weighted by atomic mass is 16.8. The van der Waals surface area contributed by atoms with Crippen molar-refractivity contribution < 1.29 is 94.2 Å². The minimum absolute atomic E-state index is 0.0438. The number of H-pyrrole nitrogens is 1. The summed E-state index contributed by atoms with van der Waals surface area (Å²) in [6.45, 7) is -0.430. The molecule has 2 saturated heterocycles. The van der Waals surface area contributed by atoms with E-state index in [1.165, 1.54) is 18.3 Å². The Morgan fingerprint density at radius 1 is 0.947 bits per heavy atom. The van der Waals surface area contributed by atoms with Crippen LogP contribution in [0.5, 0.6) is 23.0 Å². The SMILES string of the molecule is NC1C=CC(C2C=C3Cc4[nH]ccc4C#CC4(CCCC4)C4(O)C(O)C(O)C3(Oc3cc5oc(-c6cc(O)c(O)c(CCO)c6)cc(=O)c5c(O)c32)OC42CC#CC3(C(=O)O)OC(OC2=O)C(O)C(O)C3(O)O)=CN1. The number of carboxylic acids is 1. The number of fused-ring (bicyclic) bond motifs is 5. The van der Waals surface area contributed by atoms with E-state index in [1.807, 2.05) is 0 Å². The number of carboxylic acid groups (broad SMARTS) is 1. The highest BCUT2D eigenvalue weighted by molar-refractivity contribution is 5.90. The van der Waals surface area contributed by atoms with Gasteiger partial charge in [-0.3, -0.25) is 4.79 Å². The first-order valence-electron chi connectivity index (χ1n) is 23.8. The first-order valence-corrected chi connectivity index (χ1v) is 23.8. The molecular formula is C52H49N3O20. The number of aromatic amines is 1. The van der Waals surface area contributed by atoms with Crippen LogP contribution in [-0.2, 0) is 36.6 Å². The molecule has 11 unspecified atom stereocenters. The smallest absolute Gasteiger partial charge is 0.354 e. The van der Waals surface area contributed by atoms with Crippen LogP contribution in [0.4, 0.5) is 0 Å². The largest absolute Gasteiger partial charge is 0.507 e. The van der Waals surface area contributed by atoms with E-state index in [4.69, 9.17) is 29.1 Å². The number of allylic oxidation sites excluding steroid dienone is 3. The van der Waals surface area contributed by atoms with Crippen LogP contribution in [0, 0.1) is 29.1 Å².